The number of rotatable bonds is 3. The molecule has 0 saturated heterocycles. The monoisotopic (exact) mass is 378 g/mol. The number of pyridine rings is 1. The van der Waals surface area contributed by atoms with Crippen LogP contribution in [0, 0.1) is 6.92 Å². The first-order valence-corrected chi connectivity index (χ1v) is 9.83. The van der Waals surface area contributed by atoms with Gasteiger partial charge < -0.3 is 15.8 Å². The number of fused-ring (bicyclic) bond motifs is 3. The lowest BCUT2D eigenvalue weighted by Gasteiger charge is -2.23. The van der Waals surface area contributed by atoms with Crippen LogP contribution in [0.3, 0.4) is 0 Å². The van der Waals surface area contributed by atoms with Gasteiger partial charge in [0.05, 0.1) is 10.9 Å². The summed E-state index contributed by atoms with van der Waals surface area (Å²) in [4.78, 5) is 15.4. The number of hydrogen-bond donors (Lipinski definition) is 3. The first-order chi connectivity index (χ1) is 12.8. The number of aromatic hydroxyl groups is 1. The highest BCUT2D eigenvalue weighted by atomic mass is 32.1. The number of nitrogens with two attached hydrogens (primary N) is 1. The number of aryl methyl sites for hydroxylation is 1. The number of aromatic amines is 1. The van der Waals surface area contributed by atoms with Crippen LogP contribution in [-0.4, -0.2) is 16.6 Å². The third-order valence-corrected chi connectivity index (χ3v) is 6.13. The molecule has 27 heavy (non-hydrogen) atoms. The minimum absolute atomic E-state index is 0.0986. The Bertz CT molecular complexity index is 1220. The van der Waals surface area contributed by atoms with Crippen molar-refractivity contribution in [2.75, 3.05) is 6.54 Å². The predicted molar refractivity (Wildman–Crippen MR) is 114 cm³/mol. The van der Waals surface area contributed by atoms with Gasteiger partial charge in [-0.1, -0.05) is 38.1 Å². The largest absolute Gasteiger partial charge is 0.507 e. The standard InChI is InChI=1S/C22H22N2O2S/c1-12-8-17(25)18(13-4-6-14(7-5-13)22(2,3)11-23)19-15-9-27-10-16(15)21(26)24-20(12)19/h4-10,25H,11,23H2,1-3H3,(H,24,26). The Morgan fingerprint density at radius 2 is 1.81 bits per heavy atom. The molecular weight excluding hydrogens is 356 g/mol. The lowest BCUT2D eigenvalue weighted by Crippen LogP contribution is -2.27. The first-order valence-electron chi connectivity index (χ1n) is 8.89. The van der Waals surface area contributed by atoms with Crippen LogP contribution >= 0.6 is 11.3 Å². The maximum atomic E-state index is 12.4. The van der Waals surface area contributed by atoms with Crippen LogP contribution in [0.4, 0.5) is 0 Å². The van der Waals surface area contributed by atoms with Gasteiger partial charge in [0.25, 0.3) is 5.56 Å². The van der Waals surface area contributed by atoms with Crippen molar-refractivity contribution in [1.29, 1.82) is 0 Å². The van der Waals surface area contributed by atoms with Crippen molar-refractivity contribution in [3.8, 4) is 16.9 Å². The van der Waals surface area contributed by atoms with Gasteiger partial charge in [-0.15, -0.1) is 0 Å². The molecule has 0 aliphatic heterocycles. The minimum Gasteiger partial charge on any atom is -0.507 e. The van der Waals surface area contributed by atoms with E-state index in [0.717, 1.165) is 38.5 Å². The zero-order chi connectivity index (χ0) is 19.3. The van der Waals surface area contributed by atoms with E-state index in [2.05, 4.69) is 31.0 Å². The van der Waals surface area contributed by atoms with Crippen molar-refractivity contribution >= 4 is 33.0 Å². The second kappa shape index (κ2) is 6.22. The minimum atomic E-state index is -0.109. The van der Waals surface area contributed by atoms with Gasteiger partial charge in [-0.25, -0.2) is 0 Å². The molecule has 4 aromatic rings. The third-order valence-electron chi connectivity index (χ3n) is 5.38. The maximum absolute atomic E-state index is 12.4. The number of phenols is 1. The average Bonchev–Trinajstić information content (AvgIpc) is 3.14. The Balaban J connectivity index is 2.05. The molecule has 2 aromatic carbocycles. The third kappa shape index (κ3) is 2.74. The molecule has 0 aliphatic rings. The molecule has 4 nitrogen and oxygen atoms in total. The Kier molecular flexibility index (Phi) is 4.09. The summed E-state index contributed by atoms with van der Waals surface area (Å²) in [7, 11) is 0. The van der Waals surface area contributed by atoms with Gasteiger partial charge in [-0.05, 0) is 35.1 Å². The molecule has 2 heterocycles. The van der Waals surface area contributed by atoms with E-state index in [4.69, 9.17) is 5.73 Å². The fourth-order valence-corrected chi connectivity index (χ4v) is 4.39. The van der Waals surface area contributed by atoms with Crippen molar-refractivity contribution in [2.24, 2.45) is 5.73 Å². The Morgan fingerprint density at radius 1 is 1.15 bits per heavy atom. The quantitative estimate of drug-likeness (QED) is 0.485. The lowest BCUT2D eigenvalue weighted by atomic mass is 9.84. The molecule has 0 amide bonds. The molecular formula is C22H22N2O2S. The van der Waals surface area contributed by atoms with Gasteiger partial charge in [0, 0.05) is 33.7 Å². The number of nitrogens with one attached hydrogen (secondary N) is 1. The highest BCUT2D eigenvalue weighted by molar-refractivity contribution is 7.09. The molecule has 0 bridgehead atoms. The number of thiophene rings is 1. The van der Waals surface area contributed by atoms with Crippen LogP contribution in [0.15, 0.2) is 45.9 Å². The van der Waals surface area contributed by atoms with E-state index in [9.17, 15) is 9.90 Å². The van der Waals surface area contributed by atoms with Crippen molar-refractivity contribution in [1.82, 2.24) is 4.98 Å². The maximum Gasteiger partial charge on any atom is 0.257 e. The topological polar surface area (TPSA) is 79.1 Å². The zero-order valence-corrected chi connectivity index (χ0v) is 16.4. The molecule has 0 saturated carbocycles. The van der Waals surface area contributed by atoms with Crippen molar-refractivity contribution in [3.63, 3.8) is 0 Å². The summed E-state index contributed by atoms with van der Waals surface area (Å²) in [5, 5.41) is 17.0. The molecule has 0 fully saturated rings. The summed E-state index contributed by atoms with van der Waals surface area (Å²) >= 11 is 1.49. The Morgan fingerprint density at radius 3 is 2.48 bits per heavy atom. The first kappa shape index (κ1) is 17.8. The molecule has 138 valence electrons. The summed E-state index contributed by atoms with van der Waals surface area (Å²) in [5.74, 6) is 0.213. The number of aromatic nitrogens is 1. The molecule has 4 rings (SSSR count). The molecule has 0 spiro atoms. The summed E-state index contributed by atoms with van der Waals surface area (Å²) in [6.45, 7) is 6.68. The predicted octanol–water partition coefficient (Wildman–Crippen LogP) is 4.66. The van der Waals surface area contributed by atoms with Gasteiger partial charge in [0.1, 0.15) is 5.75 Å². The molecule has 4 N–H and O–H groups in total. The van der Waals surface area contributed by atoms with Crippen LogP contribution in [0.25, 0.3) is 32.8 Å². The smallest absolute Gasteiger partial charge is 0.257 e. The molecule has 0 atom stereocenters. The Hall–Kier alpha value is -2.63. The van der Waals surface area contributed by atoms with Crippen LogP contribution < -0.4 is 11.3 Å². The van der Waals surface area contributed by atoms with Crippen LogP contribution in [0.1, 0.15) is 25.0 Å². The van der Waals surface area contributed by atoms with E-state index >= 15 is 0 Å². The van der Waals surface area contributed by atoms with Gasteiger partial charge >= 0.3 is 0 Å². The highest BCUT2D eigenvalue weighted by Gasteiger charge is 2.20. The van der Waals surface area contributed by atoms with Crippen LogP contribution in [-0.2, 0) is 5.41 Å². The van der Waals surface area contributed by atoms with Gasteiger partial charge in [0.2, 0.25) is 0 Å². The number of hydrogen-bond acceptors (Lipinski definition) is 4. The summed E-state index contributed by atoms with van der Waals surface area (Å²) in [6.07, 6.45) is 0. The molecule has 5 heteroatoms. The number of benzene rings is 2. The summed E-state index contributed by atoms with van der Waals surface area (Å²) < 4.78 is 0. The van der Waals surface area contributed by atoms with Crippen molar-refractivity contribution in [2.45, 2.75) is 26.2 Å². The number of phenolic OH excluding ortho intramolecular Hbond substituents is 1. The van der Waals surface area contributed by atoms with Crippen molar-refractivity contribution < 1.29 is 5.11 Å². The fraction of sp³-hybridized carbons (Fsp3) is 0.227. The summed E-state index contributed by atoms with van der Waals surface area (Å²) in [6, 6.07) is 9.86. The lowest BCUT2D eigenvalue weighted by molar-refractivity contribution is 0.477. The van der Waals surface area contributed by atoms with Crippen LogP contribution in [0.2, 0.25) is 0 Å². The second-order valence-electron chi connectivity index (χ2n) is 7.66. The second-order valence-corrected chi connectivity index (χ2v) is 8.40. The SMILES string of the molecule is Cc1cc(O)c(-c2ccc(C(C)(C)CN)cc2)c2c1[nH]c(=O)c1cscc12. The fourth-order valence-electron chi connectivity index (χ4n) is 3.58. The van der Waals surface area contributed by atoms with Gasteiger partial charge in [-0.2, -0.15) is 11.3 Å². The van der Waals surface area contributed by atoms with E-state index in [1.807, 2.05) is 29.8 Å². The van der Waals surface area contributed by atoms with Crippen LogP contribution in [0.5, 0.6) is 5.75 Å². The van der Waals surface area contributed by atoms with E-state index in [0.29, 0.717) is 11.9 Å². The molecule has 0 unspecified atom stereocenters. The number of H-pyrrole nitrogens is 1. The summed E-state index contributed by atoms with van der Waals surface area (Å²) in [5.41, 5.74) is 10.1. The Labute approximate surface area is 161 Å². The van der Waals surface area contributed by atoms with E-state index in [1.54, 1.807) is 6.07 Å². The zero-order valence-electron chi connectivity index (χ0n) is 15.6. The van der Waals surface area contributed by atoms with Gasteiger partial charge in [0.15, 0.2) is 0 Å². The van der Waals surface area contributed by atoms with E-state index < -0.39 is 0 Å². The molecule has 2 aromatic heterocycles. The van der Waals surface area contributed by atoms with Crippen molar-refractivity contribution in [3.05, 3.63) is 62.6 Å². The normalized spacial score (nSPS) is 12.1. The van der Waals surface area contributed by atoms with E-state index in [1.165, 1.54) is 11.3 Å². The van der Waals surface area contributed by atoms with Gasteiger partial charge in [-0.3, -0.25) is 4.79 Å². The molecule has 0 aliphatic carbocycles. The highest BCUT2D eigenvalue weighted by Crippen LogP contribution is 2.41. The van der Waals surface area contributed by atoms with E-state index in [-0.39, 0.29) is 16.7 Å². The molecule has 0 radical (unpaired) electrons. The average molecular weight is 378 g/mol.